The summed E-state index contributed by atoms with van der Waals surface area (Å²) in [7, 11) is 0. The molecule has 2 heterocycles. The van der Waals surface area contributed by atoms with E-state index in [4.69, 9.17) is 11.6 Å². The molecule has 2 aromatic carbocycles. The van der Waals surface area contributed by atoms with Crippen LogP contribution in [0.25, 0.3) is 21.9 Å². The fourth-order valence-corrected chi connectivity index (χ4v) is 4.54. The molecule has 8 heteroatoms. The van der Waals surface area contributed by atoms with Crippen molar-refractivity contribution >= 4 is 34.1 Å². The number of ketones is 1. The standard InChI is InChI=1S/C26H22ClN3O4/c1-2-22(31)24-23(15-6-4-3-5-7-15)20-12-16(27)8-11-19(20)25(32)29(24)14-17-13-21(26(33)34)30(28-17)18-9-10-18/h3-8,11-13,18H,2,9-10,14H2,1H3,(H,33,34). The Morgan fingerprint density at radius 3 is 2.47 bits per heavy atom. The van der Waals surface area contributed by atoms with Crippen LogP contribution in [0.5, 0.6) is 0 Å². The van der Waals surface area contributed by atoms with Crippen molar-refractivity contribution in [3.63, 3.8) is 0 Å². The number of carboxylic acids is 1. The number of benzene rings is 2. The molecule has 0 aliphatic heterocycles. The number of rotatable bonds is 7. The molecule has 4 aromatic rings. The van der Waals surface area contributed by atoms with E-state index in [1.165, 1.54) is 15.3 Å². The van der Waals surface area contributed by atoms with Gasteiger partial charge in [-0.2, -0.15) is 5.10 Å². The van der Waals surface area contributed by atoms with Gasteiger partial charge in [0.2, 0.25) is 0 Å². The normalized spacial score (nSPS) is 13.4. The molecule has 34 heavy (non-hydrogen) atoms. The molecule has 0 saturated heterocycles. The topological polar surface area (TPSA) is 94.2 Å². The number of nitrogens with zero attached hydrogens (tertiary/aromatic N) is 3. The maximum atomic E-state index is 13.7. The minimum Gasteiger partial charge on any atom is -0.477 e. The number of Topliss-reactive ketones (excluding diaryl/α,β-unsaturated/α-hetero) is 1. The Labute approximate surface area is 200 Å². The van der Waals surface area contributed by atoms with Crippen molar-refractivity contribution in [2.24, 2.45) is 0 Å². The number of hydrogen-bond donors (Lipinski definition) is 1. The Bertz CT molecular complexity index is 1500. The summed E-state index contributed by atoms with van der Waals surface area (Å²) < 4.78 is 2.94. The number of halogens is 1. The van der Waals surface area contributed by atoms with Gasteiger partial charge in [0.05, 0.1) is 24.0 Å². The van der Waals surface area contributed by atoms with E-state index >= 15 is 0 Å². The van der Waals surface area contributed by atoms with E-state index in [0.29, 0.717) is 27.1 Å². The lowest BCUT2D eigenvalue weighted by molar-refractivity contribution is 0.0682. The molecule has 172 valence electrons. The number of carbonyl (C=O) groups is 2. The van der Waals surface area contributed by atoms with Gasteiger partial charge in [0, 0.05) is 22.4 Å². The lowest BCUT2D eigenvalue weighted by Gasteiger charge is -2.19. The molecular weight excluding hydrogens is 454 g/mol. The van der Waals surface area contributed by atoms with Crippen molar-refractivity contribution in [1.29, 1.82) is 0 Å². The molecule has 0 bridgehead atoms. The molecule has 7 nitrogen and oxygen atoms in total. The molecular formula is C26H22ClN3O4. The van der Waals surface area contributed by atoms with Crippen molar-refractivity contribution in [2.75, 3.05) is 0 Å². The van der Waals surface area contributed by atoms with Crippen LogP contribution in [-0.2, 0) is 6.54 Å². The molecule has 0 radical (unpaired) electrons. The molecule has 1 aliphatic carbocycles. The number of carbonyl (C=O) groups excluding carboxylic acids is 1. The summed E-state index contributed by atoms with van der Waals surface area (Å²) in [5, 5.41) is 15.6. The maximum Gasteiger partial charge on any atom is 0.354 e. The van der Waals surface area contributed by atoms with Crippen LogP contribution in [0.4, 0.5) is 0 Å². The number of pyridine rings is 1. The largest absolute Gasteiger partial charge is 0.477 e. The third kappa shape index (κ3) is 3.82. The Morgan fingerprint density at radius 2 is 1.82 bits per heavy atom. The van der Waals surface area contributed by atoms with E-state index in [9.17, 15) is 19.5 Å². The molecule has 0 atom stereocenters. The quantitative estimate of drug-likeness (QED) is 0.371. The van der Waals surface area contributed by atoms with E-state index in [0.717, 1.165) is 18.4 Å². The van der Waals surface area contributed by atoms with E-state index in [1.807, 2.05) is 30.3 Å². The molecule has 0 spiro atoms. The van der Waals surface area contributed by atoms with Crippen molar-refractivity contribution in [3.8, 4) is 11.1 Å². The van der Waals surface area contributed by atoms with Gasteiger partial charge in [-0.05, 0) is 48.1 Å². The molecule has 0 unspecified atom stereocenters. The zero-order valence-electron chi connectivity index (χ0n) is 18.5. The summed E-state index contributed by atoms with van der Waals surface area (Å²) in [4.78, 5) is 38.7. The number of aromatic carboxylic acids is 1. The molecule has 0 amide bonds. The Hall–Kier alpha value is -3.71. The van der Waals surface area contributed by atoms with Gasteiger partial charge in [-0.3, -0.25) is 18.8 Å². The molecule has 5 rings (SSSR count). The van der Waals surface area contributed by atoms with Crippen molar-refractivity contribution < 1.29 is 14.7 Å². The molecule has 1 aliphatic rings. The second-order valence-electron chi connectivity index (χ2n) is 8.45. The summed E-state index contributed by atoms with van der Waals surface area (Å²) in [5.74, 6) is -1.26. The van der Waals surface area contributed by atoms with Crippen LogP contribution in [0.15, 0.2) is 59.4 Å². The summed E-state index contributed by atoms with van der Waals surface area (Å²) >= 11 is 6.29. The molecule has 1 fully saturated rings. The van der Waals surface area contributed by atoms with Crippen LogP contribution in [-0.4, -0.2) is 31.2 Å². The lowest BCUT2D eigenvalue weighted by Crippen LogP contribution is -2.28. The van der Waals surface area contributed by atoms with Crippen LogP contribution >= 0.6 is 11.6 Å². The SMILES string of the molecule is CCC(=O)c1c(-c2ccccc2)c2cc(Cl)ccc2c(=O)n1Cc1cc(C(=O)O)n(C2CC2)n1. The predicted molar refractivity (Wildman–Crippen MR) is 130 cm³/mol. The van der Waals surface area contributed by atoms with Crippen LogP contribution in [0.2, 0.25) is 5.02 Å². The van der Waals surface area contributed by atoms with Crippen LogP contribution in [0.1, 0.15) is 58.9 Å². The third-order valence-electron chi connectivity index (χ3n) is 6.10. The fraction of sp³-hybridized carbons (Fsp3) is 0.231. The second-order valence-corrected chi connectivity index (χ2v) is 8.89. The first-order valence-corrected chi connectivity index (χ1v) is 11.5. The predicted octanol–water partition coefficient (Wildman–Crippen LogP) is 5.19. The second kappa shape index (κ2) is 8.57. The van der Waals surface area contributed by atoms with E-state index in [-0.39, 0.29) is 41.7 Å². The van der Waals surface area contributed by atoms with Gasteiger partial charge in [0.25, 0.3) is 5.56 Å². The van der Waals surface area contributed by atoms with Gasteiger partial charge in [-0.1, -0.05) is 48.9 Å². The Kier molecular flexibility index (Phi) is 5.57. The van der Waals surface area contributed by atoms with Crippen molar-refractivity contribution in [1.82, 2.24) is 14.3 Å². The van der Waals surface area contributed by atoms with Gasteiger partial charge in [0.1, 0.15) is 5.69 Å². The number of carboxylic acid groups (broad SMARTS) is 1. The van der Waals surface area contributed by atoms with E-state index < -0.39 is 5.97 Å². The van der Waals surface area contributed by atoms with Crippen molar-refractivity contribution in [3.05, 3.63) is 87.1 Å². The van der Waals surface area contributed by atoms with Crippen LogP contribution < -0.4 is 5.56 Å². The fourth-order valence-electron chi connectivity index (χ4n) is 4.37. The minimum atomic E-state index is -1.07. The molecule has 1 N–H and O–H groups in total. The Morgan fingerprint density at radius 1 is 1.09 bits per heavy atom. The summed E-state index contributed by atoms with van der Waals surface area (Å²) in [6.07, 6.45) is 1.94. The van der Waals surface area contributed by atoms with Gasteiger partial charge < -0.3 is 5.11 Å². The zero-order chi connectivity index (χ0) is 24.0. The van der Waals surface area contributed by atoms with Gasteiger partial charge in [-0.25, -0.2) is 4.79 Å². The molecule has 2 aromatic heterocycles. The van der Waals surface area contributed by atoms with Gasteiger partial charge in [-0.15, -0.1) is 0 Å². The monoisotopic (exact) mass is 475 g/mol. The minimum absolute atomic E-state index is 0.0156. The van der Waals surface area contributed by atoms with Crippen molar-refractivity contribution in [2.45, 2.75) is 38.8 Å². The highest BCUT2D eigenvalue weighted by atomic mass is 35.5. The van der Waals surface area contributed by atoms with Gasteiger partial charge in [0.15, 0.2) is 5.78 Å². The highest BCUT2D eigenvalue weighted by molar-refractivity contribution is 6.31. The Balaban J connectivity index is 1.80. The zero-order valence-corrected chi connectivity index (χ0v) is 19.2. The third-order valence-corrected chi connectivity index (χ3v) is 6.33. The summed E-state index contributed by atoms with van der Waals surface area (Å²) in [6.45, 7) is 1.73. The number of fused-ring (bicyclic) bond motifs is 1. The summed E-state index contributed by atoms with van der Waals surface area (Å²) in [5.41, 5.74) is 1.85. The van der Waals surface area contributed by atoms with Crippen LogP contribution in [0, 0.1) is 0 Å². The van der Waals surface area contributed by atoms with E-state index in [2.05, 4.69) is 5.10 Å². The first-order chi connectivity index (χ1) is 16.4. The average Bonchev–Trinajstić information content (AvgIpc) is 3.59. The first-order valence-electron chi connectivity index (χ1n) is 11.2. The first kappa shape index (κ1) is 22.1. The maximum absolute atomic E-state index is 13.7. The van der Waals surface area contributed by atoms with Crippen LogP contribution in [0.3, 0.4) is 0 Å². The lowest BCUT2D eigenvalue weighted by atomic mass is 9.94. The average molecular weight is 476 g/mol. The molecule has 1 saturated carbocycles. The highest BCUT2D eigenvalue weighted by Gasteiger charge is 2.30. The number of aromatic nitrogens is 3. The summed E-state index contributed by atoms with van der Waals surface area (Å²) in [6, 6.07) is 16.0. The smallest absolute Gasteiger partial charge is 0.354 e. The van der Waals surface area contributed by atoms with Gasteiger partial charge >= 0.3 is 5.97 Å². The highest BCUT2D eigenvalue weighted by Crippen LogP contribution is 2.36. The van der Waals surface area contributed by atoms with E-state index in [1.54, 1.807) is 25.1 Å². The number of hydrogen-bond acceptors (Lipinski definition) is 4.